The van der Waals surface area contributed by atoms with Crippen molar-refractivity contribution in [2.75, 3.05) is 0 Å². The molecule has 0 saturated carbocycles. The SMILES string of the molecule is CC1(C)c2ccccc2-c2ccc(-c3c4ccccc4cc4c5ccccc5n(-c5nc(-c6ccccc6)c6ccccc6n5)c34)cc21. The Morgan fingerprint density at radius 3 is 2.06 bits per heavy atom. The third-order valence-electron chi connectivity index (χ3n) is 10.4. The van der Waals surface area contributed by atoms with Crippen LogP contribution in [-0.2, 0) is 5.41 Å². The Balaban J connectivity index is 1.35. The molecule has 0 bridgehead atoms. The van der Waals surface area contributed by atoms with Crippen LogP contribution in [0.1, 0.15) is 25.0 Å². The fourth-order valence-electron chi connectivity index (χ4n) is 8.13. The summed E-state index contributed by atoms with van der Waals surface area (Å²) in [5.41, 5.74) is 12.8. The summed E-state index contributed by atoms with van der Waals surface area (Å²) in [5.74, 6) is 0.671. The highest BCUT2D eigenvalue weighted by Crippen LogP contribution is 2.51. The van der Waals surface area contributed by atoms with Gasteiger partial charge in [-0.3, -0.25) is 4.57 Å². The predicted octanol–water partition coefficient (Wildman–Crippen LogP) is 11.5. The number of para-hydroxylation sites is 2. The molecule has 0 N–H and O–H groups in total. The van der Waals surface area contributed by atoms with E-state index in [0.29, 0.717) is 5.95 Å². The van der Waals surface area contributed by atoms with Crippen LogP contribution in [0.5, 0.6) is 0 Å². The Morgan fingerprint density at radius 2 is 1.19 bits per heavy atom. The van der Waals surface area contributed by atoms with Crippen LogP contribution in [0.3, 0.4) is 0 Å². The molecule has 0 amide bonds. The number of aromatic nitrogens is 3. The van der Waals surface area contributed by atoms with Crippen molar-refractivity contribution in [2.45, 2.75) is 19.3 Å². The largest absolute Gasteiger partial charge is 0.277 e. The number of benzene rings is 7. The van der Waals surface area contributed by atoms with E-state index in [1.807, 2.05) is 0 Å². The van der Waals surface area contributed by atoms with Crippen molar-refractivity contribution in [1.82, 2.24) is 14.5 Å². The van der Waals surface area contributed by atoms with Crippen molar-refractivity contribution in [3.63, 3.8) is 0 Å². The first-order valence-corrected chi connectivity index (χ1v) is 16.6. The topological polar surface area (TPSA) is 30.7 Å². The fraction of sp³-hybridized carbons (Fsp3) is 0.0667. The first-order chi connectivity index (χ1) is 23.6. The summed E-state index contributed by atoms with van der Waals surface area (Å²) >= 11 is 0. The van der Waals surface area contributed by atoms with Gasteiger partial charge in [-0.1, -0.05) is 141 Å². The van der Waals surface area contributed by atoms with Gasteiger partial charge in [0.25, 0.3) is 0 Å². The lowest BCUT2D eigenvalue weighted by Gasteiger charge is -2.22. The van der Waals surface area contributed by atoms with Crippen molar-refractivity contribution in [1.29, 1.82) is 0 Å². The molecule has 7 aromatic carbocycles. The number of hydrogen-bond donors (Lipinski definition) is 0. The Morgan fingerprint density at radius 1 is 0.500 bits per heavy atom. The number of hydrogen-bond acceptors (Lipinski definition) is 2. The highest BCUT2D eigenvalue weighted by atomic mass is 15.2. The molecule has 3 nitrogen and oxygen atoms in total. The quantitative estimate of drug-likeness (QED) is 0.198. The van der Waals surface area contributed by atoms with Gasteiger partial charge >= 0.3 is 0 Å². The molecule has 2 aromatic heterocycles. The minimum Gasteiger partial charge on any atom is -0.277 e. The Kier molecular flexibility index (Phi) is 5.63. The molecule has 0 radical (unpaired) electrons. The standard InChI is InChI=1S/C45H31N3/c1-45(2)37-21-11-8-18-32(37)33-25-24-30(27-38(33)45)41-31-17-7-6-16-29(31)26-36-34-19-10-13-23-40(34)48(43(36)41)44-46-39-22-12-9-20-35(39)42(47-44)28-14-4-3-5-15-28/h3-27H,1-2H3. The Hall–Kier alpha value is -6.06. The van der Waals surface area contributed by atoms with E-state index in [1.165, 1.54) is 54.9 Å². The molecule has 0 atom stereocenters. The lowest BCUT2D eigenvalue weighted by Crippen LogP contribution is -2.14. The van der Waals surface area contributed by atoms with Crippen molar-refractivity contribution in [3.8, 4) is 39.5 Å². The summed E-state index contributed by atoms with van der Waals surface area (Å²) in [5, 5.41) is 5.85. The molecule has 0 unspecified atom stereocenters. The van der Waals surface area contributed by atoms with Gasteiger partial charge in [0.05, 0.1) is 22.2 Å². The number of rotatable bonds is 3. The lowest BCUT2D eigenvalue weighted by atomic mass is 9.81. The second-order valence-corrected chi connectivity index (χ2v) is 13.4. The van der Waals surface area contributed by atoms with E-state index in [1.54, 1.807) is 0 Å². The summed E-state index contributed by atoms with van der Waals surface area (Å²) in [6.45, 7) is 4.70. The van der Waals surface area contributed by atoms with Crippen LogP contribution in [-0.4, -0.2) is 14.5 Å². The van der Waals surface area contributed by atoms with E-state index in [4.69, 9.17) is 9.97 Å². The lowest BCUT2D eigenvalue weighted by molar-refractivity contribution is 0.660. The van der Waals surface area contributed by atoms with Gasteiger partial charge in [-0.05, 0) is 62.9 Å². The van der Waals surface area contributed by atoms with E-state index in [9.17, 15) is 0 Å². The van der Waals surface area contributed by atoms with Gasteiger partial charge in [0.2, 0.25) is 5.95 Å². The molecule has 1 aliphatic rings. The second-order valence-electron chi connectivity index (χ2n) is 13.4. The zero-order valence-corrected chi connectivity index (χ0v) is 26.8. The van der Waals surface area contributed by atoms with Crippen LogP contribution in [0.25, 0.3) is 82.9 Å². The van der Waals surface area contributed by atoms with E-state index in [2.05, 4.69) is 170 Å². The third kappa shape index (κ3) is 3.76. The van der Waals surface area contributed by atoms with Crippen molar-refractivity contribution >= 4 is 43.5 Å². The van der Waals surface area contributed by atoms with Gasteiger partial charge in [-0.25, -0.2) is 9.97 Å². The molecule has 0 saturated heterocycles. The van der Waals surface area contributed by atoms with Crippen LogP contribution in [0.4, 0.5) is 0 Å². The maximum Gasteiger partial charge on any atom is 0.235 e. The van der Waals surface area contributed by atoms with Gasteiger partial charge in [0.1, 0.15) is 0 Å². The number of nitrogens with zero attached hydrogens (tertiary/aromatic N) is 3. The molecule has 0 aliphatic heterocycles. The summed E-state index contributed by atoms with van der Waals surface area (Å²) in [6, 6.07) is 54.6. The summed E-state index contributed by atoms with van der Waals surface area (Å²) in [7, 11) is 0. The molecule has 10 rings (SSSR count). The maximum atomic E-state index is 5.39. The van der Waals surface area contributed by atoms with Crippen molar-refractivity contribution < 1.29 is 0 Å². The Bertz CT molecular complexity index is 2750. The van der Waals surface area contributed by atoms with E-state index >= 15 is 0 Å². The molecular formula is C45H31N3. The van der Waals surface area contributed by atoms with E-state index < -0.39 is 0 Å². The van der Waals surface area contributed by atoms with Crippen molar-refractivity contribution in [2.24, 2.45) is 0 Å². The molecule has 2 heterocycles. The molecule has 3 heteroatoms. The average Bonchev–Trinajstić information content (AvgIpc) is 3.58. The average molecular weight is 614 g/mol. The van der Waals surface area contributed by atoms with Gasteiger partial charge < -0.3 is 0 Å². The van der Waals surface area contributed by atoms with Crippen LogP contribution in [0, 0.1) is 0 Å². The van der Waals surface area contributed by atoms with Gasteiger partial charge in [-0.15, -0.1) is 0 Å². The van der Waals surface area contributed by atoms with Gasteiger partial charge in [-0.2, -0.15) is 0 Å². The molecule has 1 aliphatic carbocycles. The summed E-state index contributed by atoms with van der Waals surface area (Å²) in [6.07, 6.45) is 0. The monoisotopic (exact) mass is 613 g/mol. The van der Waals surface area contributed by atoms with Crippen LogP contribution in [0.2, 0.25) is 0 Å². The molecule has 9 aromatic rings. The first kappa shape index (κ1) is 27.1. The normalized spacial score (nSPS) is 13.4. The van der Waals surface area contributed by atoms with Crippen LogP contribution in [0.15, 0.2) is 152 Å². The highest BCUT2D eigenvalue weighted by Gasteiger charge is 2.35. The van der Waals surface area contributed by atoms with Crippen molar-refractivity contribution in [3.05, 3.63) is 163 Å². The molecule has 0 spiro atoms. The molecule has 226 valence electrons. The number of fused-ring (bicyclic) bond motifs is 8. The first-order valence-electron chi connectivity index (χ1n) is 16.6. The Labute approximate surface area is 278 Å². The van der Waals surface area contributed by atoms with Crippen LogP contribution >= 0.6 is 0 Å². The maximum absolute atomic E-state index is 5.39. The minimum absolute atomic E-state index is 0.107. The second kappa shape index (κ2) is 9.97. The van der Waals surface area contributed by atoms with Crippen LogP contribution < -0.4 is 0 Å². The van der Waals surface area contributed by atoms with E-state index in [0.717, 1.165) is 33.2 Å². The van der Waals surface area contributed by atoms with E-state index in [-0.39, 0.29) is 5.41 Å². The smallest absolute Gasteiger partial charge is 0.235 e. The van der Waals surface area contributed by atoms with Gasteiger partial charge in [0.15, 0.2) is 0 Å². The zero-order chi connectivity index (χ0) is 32.0. The minimum atomic E-state index is -0.107. The molecule has 0 fully saturated rings. The fourth-order valence-corrected chi connectivity index (χ4v) is 8.13. The molecule has 48 heavy (non-hydrogen) atoms. The summed E-state index contributed by atoms with van der Waals surface area (Å²) < 4.78 is 2.30. The summed E-state index contributed by atoms with van der Waals surface area (Å²) in [4.78, 5) is 10.7. The molecular weight excluding hydrogens is 583 g/mol. The third-order valence-corrected chi connectivity index (χ3v) is 10.4. The van der Waals surface area contributed by atoms with Gasteiger partial charge in [0, 0.05) is 32.7 Å². The predicted molar refractivity (Wildman–Crippen MR) is 200 cm³/mol. The zero-order valence-electron chi connectivity index (χ0n) is 26.8. The highest BCUT2D eigenvalue weighted by molar-refractivity contribution is 6.21.